The van der Waals surface area contributed by atoms with E-state index in [4.69, 9.17) is 9.72 Å². The van der Waals surface area contributed by atoms with Gasteiger partial charge in [0.25, 0.3) is 5.56 Å². The van der Waals surface area contributed by atoms with E-state index in [9.17, 15) is 17.6 Å². The van der Waals surface area contributed by atoms with Gasteiger partial charge in [0, 0.05) is 45.3 Å². The van der Waals surface area contributed by atoms with Crippen LogP contribution >= 0.6 is 15.9 Å². The molecule has 0 bridgehead atoms. The highest BCUT2D eigenvalue weighted by molar-refractivity contribution is 9.10. The van der Waals surface area contributed by atoms with Crippen LogP contribution in [0.5, 0.6) is 5.75 Å². The predicted molar refractivity (Wildman–Crippen MR) is 150 cm³/mol. The number of aromatic nitrogens is 3. The Kier molecular flexibility index (Phi) is 9.27. The van der Waals surface area contributed by atoms with Crippen LogP contribution in [0.15, 0.2) is 32.5 Å². The van der Waals surface area contributed by atoms with Crippen molar-refractivity contribution in [2.45, 2.75) is 44.4 Å². The number of piperazine rings is 1. The SMILES string of the molecule is CCCOc1ccc(S(=O)(=O)N2CCN(CCCF)CC2)cc1-c1nc2c(CCC)c(Br)n(C)c2c(=O)[nH]1. The first-order valence-corrected chi connectivity index (χ1v) is 15.3. The third-order valence-electron chi connectivity index (χ3n) is 6.80. The molecular formula is C26H35BrFN5O4S. The summed E-state index contributed by atoms with van der Waals surface area (Å²) in [4.78, 5) is 23.1. The summed E-state index contributed by atoms with van der Waals surface area (Å²) in [6, 6.07) is 4.71. The van der Waals surface area contributed by atoms with Gasteiger partial charge in [-0.15, -0.1) is 0 Å². The van der Waals surface area contributed by atoms with E-state index in [2.05, 4.69) is 32.7 Å². The van der Waals surface area contributed by atoms with Crippen molar-refractivity contribution in [1.29, 1.82) is 0 Å². The molecule has 1 aliphatic heterocycles. The largest absolute Gasteiger partial charge is 0.493 e. The second kappa shape index (κ2) is 12.3. The molecule has 2 aromatic heterocycles. The van der Waals surface area contributed by atoms with Gasteiger partial charge in [-0.25, -0.2) is 13.4 Å². The smallest absolute Gasteiger partial charge is 0.275 e. The number of nitrogens with one attached hydrogen (secondary N) is 1. The Morgan fingerprint density at radius 3 is 2.55 bits per heavy atom. The van der Waals surface area contributed by atoms with Crippen molar-refractivity contribution in [3.05, 3.63) is 38.7 Å². The van der Waals surface area contributed by atoms with E-state index in [1.807, 2.05) is 14.0 Å². The summed E-state index contributed by atoms with van der Waals surface area (Å²) < 4.78 is 49.7. The molecule has 0 saturated carbocycles. The summed E-state index contributed by atoms with van der Waals surface area (Å²) in [6.07, 6.45) is 2.82. The molecule has 12 heteroatoms. The van der Waals surface area contributed by atoms with Gasteiger partial charge in [-0.2, -0.15) is 4.31 Å². The van der Waals surface area contributed by atoms with E-state index in [-0.39, 0.29) is 23.0 Å². The number of nitrogens with zero attached hydrogens (tertiary/aromatic N) is 4. The van der Waals surface area contributed by atoms with Crippen LogP contribution in [-0.2, 0) is 23.5 Å². The molecule has 0 radical (unpaired) electrons. The number of halogens is 2. The molecule has 0 spiro atoms. The van der Waals surface area contributed by atoms with Gasteiger partial charge < -0.3 is 19.2 Å². The summed E-state index contributed by atoms with van der Waals surface area (Å²) in [5.41, 5.74) is 2.08. The third kappa shape index (κ3) is 5.68. The lowest BCUT2D eigenvalue weighted by Gasteiger charge is -2.33. The third-order valence-corrected chi connectivity index (χ3v) is 9.71. The number of fused-ring (bicyclic) bond motifs is 1. The Balaban J connectivity index is 1.77. The first-order valence-electron chi connectivity index (χ1n) is 13.1. The quantitative estimate of drug-likeness (QED) is 0.350. The average Bonchev–Trinajstić information content (AvgIpc) is 3.16. The monoisotopic (exact) mass is 611 g/mol. The minimum absolute atomic E-state index is 0.110. The number of alkyl halides is 1. The van der Waals surface area contributed by atoms with Crippen molar-refractivity contribution >= 4 is 37.0 Å². The molecule has 4 rings (SSSR count). The van der Waals surface area contributed by atoms with Crippen LogP contribution in [0, 0.1) is 0 Å². The fourth-order valence-electron chi connectivity index (χ4n) is 4.80. The van der Waals surface area contributed by atoms with Crippen LogP contribution < -0.4 is 10.3 Å². The molecule has 1 fully saturated rings. The van der Waals surface area contributed by atoms with Gasteiger partial charge in [-0.3, -0.25) is 9.18 Å². The highest BCUT2D eigenvalue weighted by Crippen LogP contribution is 2.34. The summed E-state index contributed by atoms with van der Waals surface area (Å²) in [7, 11) is -1.99. The van der Waals surface area contributed by atoms with Gasteiger partial charge in [0.1, 0.15) is 22.6 Å². The second-order valence-electron chi connectivity index (χ2n) is 9.48. The molecule has 3 aromatic rings. The topological polar surface area (TPSA) is 101 Å². The number of sulfonamides is 1. The molecule has 0 unspecified atom stereocenters. The van der Waals surface area contributed by atoms with E-state index in [1.54, 1.807) is 10.6 Å². The van der Waals surface area contributed by atoms with Gasteiger partial charge in [-0.1, -0.05) is 20.3 Å². The Morgan fingerprint density at radius 2 is 1.89 bits per heavy atom. The molecule has 208 valence electrons. The Bertz CT molecular complexity index is 1450. The van der Waals surface area contributed by atoms with Crippen LogP contribution in [-0.4, -0.2) is 78.2 Å². The maximum Gasteiger partial charge on any atom is 0.275 e. The van der Waals surface area contributed by atoms with Crippen LogP contribution in [0.4, 0.5) is 4.39 Å². The number of aromatic amines is 1. The summed E-state index contributed by atoms with van der Waals surface area (Å²) in [5.74, 6) is 0.716. The highest BCUT2D eigenvalue weighted by atomic mass is 79.9. The normalized spacial score (nSPS) is 15.4. The minimum atomic E-state index is -3.80. The minimum Gasteiger partial charge on any atom is -0.493 e. The number of hydrogen-bond donors (Lipinski definition) is 1. The van der Waals surface area contributed by atoms with Crippen LogP contribution in [0.25, 0.3) is 22.4 Å². The molecule has 3 heterocycles. The van der Waals surface area contributed by atoms with Gasteiger partial charge in [0.05, 0.1) is 28.3 Å². The zero-order chi connectivity index (χ0) is 27.4. The number of benzene rings is 1. The van der Waals surface area contributed by atoms with Crippen molar-refractivity contribution in [3.63, 3.8) is 0 Å². The van der Waals surface area contributed by atoms with E-state index < -0.39 is 10.0 Å². The lowest BCUT2D eigenvalue weighted by molar-refractivity contribution is 0.182. The van der Waals surface area contributed by atoms with Crippen molar-refractivity contribution in [2.75, 3.05) is 46.0 Å². The zero-order valence-electron chi connectivity index (χ0n) is 22.1. The molecule has 0 amide bonds. The van der Waals surface area contributed by atoms with E-state index in [0.29, 0.717) is 68.1 Å². The Labute approximate surface area is 231 Å². The second-order valence-corrected chi connectivity index (χ2v) is 12.2. The Morgan fingerprint density at radius 1 is 1.16 bits per heavy atom. The van der Waals surface area contributed by atoms with Gasteiger partial charge in [-0.05, 0) is 53.4 Å². The molecule has 1 aromatic carbocycles. The van der Waals surface area contributed by atoms with E-state index in [1.165, 1.54) is 16.4 Å². The Hall–Kier alpha value is -2.28. The van der Waals surface area contributed by atoms with Gasteiger partial charge in [0.15, 0.2) is 0 Å². The maximum atomic E-state index is 13.6. The van der Waals surface area contributed by atoms with Gasteiger partial charge in [0.2, 0.25) is 10.0 Å². The molecule has 1 saturated heterocycles. The van der Waals surface area contributed by atoms with Crippen molar-refractivity contribution in [3.8, 4) is 17.1 Å². The predicted octanol–water partition coefficient (Wildman–Crippen LogP) is 4.10. The number of hydrogen-bond acceptors (Lipinski definition) is 6. The standard InChI is InChI=1S/C26H35BrFN5O4S/c1-4-7-19-22-23(31(3)24(19)27)26(34)30-25(29-22)20-17-18(8-9-21(20)37-16-5-2)38(35,36)33-14-12-32(13-15-33)11-6-10-28/h8-9,17H,4-7,10-16H2,1-3H3,(H,29,30,34). The van der Waals surface area contributed by atoms with E-state index in [0.717, 1.165) is 29.4 Å². The van der Waals surface area contributed by atoms with Crippen molar-refractivity contribution in [2.24, 2.45) is 7.05 Å². The van der Waals surface area contributed by atoms with Crippen molar-refractivity contribution in [1.82, 2.24) is 23.7 Å². The molecule has 0 aliphatic carbocycles. The maximum absolute atomic E-state index is 13.6. The molecule has 38 heavy (non-hydrogen) atoms. The molecular weight excluding hydrogens is 577 g/mol. The molecule has 0 atom stereocenters. The van der Waals surface area contributed by atoms with Gasteiger partial charge >= 0.3 is 0 Å². The number of ether oxygens (including phenoxy) is 1. The number of aryl methyl sites for hydroxylation is 2. The van der Waals surface area contributed by atoms with Crippen LogP contribution in [0.3, 0.4) is 0 Å². The van der Waals surface area contributed by atoms with E-state index >= 15 is 0 Å². The first-order chi connectivity index (χ1) is 18.2. The fraction of sp³-hybridized carbons (Fsp3) is 0.538. The summed E-state index contributed by atoms with van der Waals surface area (Å²) in [5, 5.41) is 0. The molecule has 9 nitrogen and oxygen atoms in total. The van der Waals surface area contributed by atoms with Crippen LogP contribution in [0.2, 0.25) is 0 Å². The first kappa shape index (κ1) is 28.7. The summed E-state index contributed by atoms with van der Waals surface area (Å²) in [6.45, 7) is 6.49. The number of rotatable bonds is 11. The number of H-pyrrole nitrogens is 1. The summed E-state index contributed by atoms with van der Waals surface area (Å²) >= 11 is 3.60. The zero-order valence-corrected chi connectivity index (χ0v) is 24.5. The average molecular weight is 613 g/mol. The van der Waals surface area contributed by atoms with Crippen molar-refractivity contribution < 1.29 is 17.5 Å². The highest BCUT2D eigenvalue weighted by Gasteiger charge is 2.30. The fourth-order valence-corrected chi connectivity index (χ4v) is 6.82. The molecule has 1 N–H and O–H groups in total. The molecule has 1 aliphatic rings. The van der Waals surface area contributed by atoms with Crippen LogP contribution in [0.1, 0.15) is 38.7 Å². The lowest BCUT2D eigenvalue weighted by atomic mass is 10.1. The lowest BCUT2D eigenvalue weighted by Crippen LogP contribution is -2.48.